The van der Waals surface area contributed by atoms with Gasteiger partial charge in [-0.2, -0.15) is 5.10 Å². The summed E-state index contributed by atoms with van der Waals surface area (Å²) in [6, 6.07) is 7.27. The molecule has 2 N–H and O–H groups in total. The van der Waals surface area contributed by atoms with Gasteiger partial charge < -0.3 is 10.4 Å². The molecule has 1 aromatic heterocycles. The largest absolute Gasteiger partial charge is 0.480 e. The maximum absolute atomic E-state index is 11.7. The average molecular weight is 233 g/mol. The van der Waals surface area contributed by atoms with E-state index in [2.05, 4.69) is 10.4 Å². The van der Waals surface area contributed by atoms with Crippen molar-refractivity contribution in [3.05, 3.63) is 30.0 Å². The Bertz CT molecular complexity index is 589. The molecule has 0 radical (unpaired) electrons. The second kappa shape index (κ2) is 4.25. The van der Waals surface area contributed by atoms with Gasteiger partial charge in [-0.3, -0.25) is 14.3 Å². The van der Waals surface area contributed by atoms with Gasteiger partial charge in [0.25, 0.3) is 5.91 Å². The number of aromatic nitrogens is 2. The lowest BCUT2D eigenvalue weighted by molar-refractivity contribution is -0.135. The molecule has 6 nitrogen and oxygen atoms in total. The third-order valence-electron chi connectivity index (χ3n) is 2.37. The molecule has 1 aromatic carbocycles. The minimum Gasteiger partial charge on any atom is -0.480 e. The zero-order valence-electron chi connectivity index (χ0n) is 9.17. The van der Waals surface area contributed by atoms with E-state index in [1.54, 1.807) is 23.9 Å². The van der Waals surface area contributed by atoms with Crippen LogP contribution >= 0.6 is 0 Å². The maximum atomic E-state index is 11.7. The number of carbonyl (C=O) groups excluding carboxylic acids is 1. The van der Waals surface area contributed by atoms with E-state index in [4.69, 9.17) is 5.11 Å². The number of fused-ring (bicyclic) bond motifs is 1. The van der Waals surface area contributed by atoms with Crippen LogP contribution in [-0.2, 0) is 11.8 Å². The van der Waals surface area contributed by atoms with Crippen LogP contribution in [0.25, 0.3) is 10.9 Å². The van der Waals surface area contributed by atoms with Gasteiger partial charge in [-0.25, -0.2) is 0 Å². The number of para-hydroxylation sites is 1. The quantitative estimate of drug-likeness (QED) is 0.803. The molecule has 0 spiro atoms. The van der Waals surface area contributed by atoms with E-state index in [9.17, 15) is 9.59 Å². The summed E-state index contributed by atoms with van der Waals surface area (Å²) in [5.41, 5.74) is 1.07. The predicted octanol–water partition coefficient (Wildman–Crippen LogP) is 0.388. The van der Waals surface area contributed by atoms with Crippen molar-refractivity contribution < 1.29 is 14.7 Å². The SMILES string of the molecule is Cn1nc(C(=O)NCC(=O)O)c2ccccc21. The van der Waals surface area contributed by atoms with E-state index in [1.807, 2.05) is 12.1 Å². The molecule has 2 aromatic rings. The van der Waals surface area contributed by atoms with E-state index in [-0.39, 0.29) is 5.69 Å². The molecule has 0 bridgehead atoms. The number of amides is 1. The van der Waals surface area contributed by atoms with Crippen LogP contribution in [0, 0.1) is 0 Å². The first-order chi connectivity index (χ1) is 8.09. The van der Waals surface area contributed by atoms with Crippen molar-refractivity contribution in [1.82, 2.24) is 15.1 Å². The van der Waals surface area contributed by atoms with Crippen molar-refractivity contribution in [2.45, 2.75) is 0 Å². The van der Waals surface area contributed by atoms with Gasteiger partial charge in [-0.1, -0.05) is 18.2 Å². The lowest BCUT2D eigenvalue weighted by Gasteiger charge is -1.98. The number of hydrogen-bond acceptors (Lipinski definition) is 3. The van der Waals surface area contributed by atoms with Crippen molar-refractivity contribution >= 4 is 22.8 Å². The molecule has 1 heterocycles. The first kappa shape index (κ1) is 11.1. The maximum Gasteiger partial charge on any atom is 0.322 e. The fourth-order valence-electron chi connectivity index (χ4n) is 1.62. The molecule has 6 heteroatoms. The van der Waals surface area contributed by atoms with Crippen molar-refractivity contribution in [3.8, 4) is 0 Å². The minimum atomic E-state index is -1.08. The Morgan fingerprint density at radius 1 is 1.41 bits per heavy atom. The van der Waals surface area contributed by atoms with Crippen LogP contribution in [0.3, 0.4) is 0 Å². The molecule has 0 fully saturated rings. The van der Waals surface area contributed by atoms with Gasteiger partial charge in [0.15, 0.2) is 5.69 Å². The number of nitrogens with zero attached hydrogens (tertiary/aromatic N) is 2. The highest BCUT2D eigenvalue weighted by Gasteiger charge is 2.15. The van der Waals surface area contributed by atoms with Crippen LogP contribution in [0.2, 0.25) is 0 Å². The predicted molar refractivity (Wildman–Crippen MR) is 60.7 cm³/mol. The van der Waals surface area contributed by atoms with E-state index < -0.39 is 18.4 Å². The van der Waals surface area contributed by atoms with E-state index in [0.717, 1.165) is 5.52 Å². The number of carboxylic acids is 1. The molecule has 17 heavy (non-hydrogen) atoms. The van der Waals surface area contributed by atoms with Gasteiger partial charge in [0.1, 0.15) is 6.54 Å². The first-order valence-corrected chi connectivity index (χ1v) is 5.01. The Labute approximate surface area is 96.8 Å². The molecule has 2 rings (SSSR count). The molecule has 0 saturated heterocycles. The van der Waals surface area contributed by atoms with Gasteiger partial charge in [0, 0.05) is 12.4 Å². The molecule has 0 saturated carbocycles. The van der Waals surface area contributed by atoms with E-state index in [0.29, 0.717) is 5.39 Å². The van der Waals surface area contributed by atoms with Crippen molar-refractivity contribution in [1.29, 1.82) is 0 Å². The molecule has 0 aliphatic heterocycles. The van der Waals surface area contributed by atoms with Crippen LogP contribution in [0.15, 0.2) is 24.3 Å². The molecular weight excluding hydrogens is 222 g/mol. The third kappa shape index (κ3) is 2.10. The number of aliphatic carboxylic acids is 1. The Morgan fingerprint density at radius 3 is 2.82 bits per heavy atom. The number of aryl methyl sites for hydroxylation is 1. The lowest BCUT2D eigenvalue weighted by Crippen LogP contribution is -2.29. The van der Waals surface area contributed by atoms with Crippen LogP contribution in [-0.4, -0.2) is 33.3 Å². The topological polar surface area (TPSA) is 84.2 Å². The molecule has 0 unspecified atom stereocenters. The summed E-state index contributed by atoms with van der Waals surface area (Å²) in [4.78, 5) is 22.1. The molecule has 0 aliphatic carbocycles. The van der Waals surface area contributed by atoms with Gasteiger partial charge in [0.05, 0.1) is 5.52 Å². The first-order valence-electron chi connectivity index (χ1n) is 5.01. The third-order valence-corrected chi connectivity index (χ3v) is 2.37. The second-order valence-corrected chi connectivity index (χ2v) is 3.57. The molecule has 0 aliphatic rings. The van der Waals surface area contributed by atoms with E-state index >= 15 is 0 Å². The summed E-state index contributed by atoms with van der Waals surface area (Å²) in [6.45, 7) is -0.413. The van der Waals surface area contributed by atoms with Crippen molar-refractivity contribution in [3.63, 3.8) is 0 Å². The van der Waals surface area contributed by atoms with Crippen molar-refractivity contribution in [2.24, 2.45) is 7.05 Å². The van der Waals surface area contributed by atoms with Crippen LogP contribution in [0.4, 0.5) is 0 Å². The average Bonchev–Trinajstić information content (AvgIpc) is 2.65. The Balaban J connectivity index is 2.35. The number of rotatable bonds is 3. The minimum absolute atomic E-state index is 0.240. The zero-order chi connectivity index (χ0) is 12.4. The molecular formula is C11H11N3O3. The van der Waals surface area contributed by atoms with Gasteiger partial charge in [0.2, 0.25) is 0 Å². The number of hydrogen-bond donors (Lipinski definition) is 2. The highest BCUT2D eigenvalue weighted by molar-refractivity contribution is 6.05. The highest BCUT2D eigenvalue weighted by Crippen LogP contribution is 2.16. The Kier molecular flexibility index (Phi) is 2.78. The summed E-state index contributed by atoms with van der Waals surface area (Å²) < 4.78 is 1.59. The number of carbonyl (C=O) groups is 2. The lowest BCUT2D eigenvalue weighted by atomic mass is 10.2. The number of benzene rings is 1. The standard InChI is InChI=1S/C11H11N3O3/c1-14-8-5-3-2-4-7(8)10(13-14)11(17)12-6-9(15)16/h2-5H,6H2,1H3,(H,12,17)(H,15,16). The number of nitrogens with one attached hydrogen (secondary N) is 1. The zero-order valence-corrected chi connectivity index (χ0v) is 9.17. The van der Waals surface area contributed by atoms with Crippen LogP contribution in [0.5, 0.6) is 0 Å². The summed E-state index contributed by atoms with van der Waals surface area (Å²) in [7, 11) is 1.73. The van der Waals surface area contributed by atoms with Crippen LogP contribution < -0.4 is 5.32 Å². The molecule has 1 amide bonds. The fourth-order valence-corrected chi connectivity index (χ4v) is 1.62. The Hall–Kier alpha value is -2.37. The fraction of sp³-hybridized carbons (Fsp3) is 0.182. The number of carboxylic acid groups (broad SMARTS) is 1. The monoisotopic (exact) mass is 233 g/mol. The van der Waals surface area contributed by atoms with Gasteiger partial charge >= 0.3 is 5.97 Å². The van der Waals surface area contributed by atoms with Crippen LogP contribution in [0.1, 0.15) is 10.5 Å². The second-order valence-electron chi connectivity index (χ2n) is 3.57. The van der Waals surface area contributed by atoms with Gasteiger partial charge in [-0.05, 0) is 6.07 Å². The summed E-state index contributed by atoms with van der Waals surface area (Å²) in [6.07, 6.45) is 0. The highest BCUT2D eigenvalue weighted by atomic mass is 16.4. The Morgan fingerprint density at radius 2 is 2.12 bits per heavy atom. The summed E-state index contributed by atoms with van der Waals surface area (Å²) in [5.74, 6) is -1.57. The summed E-state index contributed by atoms with van der Waals surface area (Å²) >= 11 is 0. The van der Waals surface area contributed by atoms with Crippen molar-refractivity contribution in [2.75, 3.05) is 6.54 Å². The van der Waals surface area contributed by atoms with E-state index in [1.165, 1.54) is 0 Å². The van der Waals surface area contributed by atoms with Gasteiger partial charge in [-0.15, -0.1) is 0 Å². The molecule has 0 atom stereocenters. The normalized spacial score (nSPS) is 10.4. The smallest absolute Gasteiger partial charge is 0.322 e. The summed E-state index contributed by atoms with van der Waals surface area (Å²) in [5, 5.41) is 15.6. The molecule has 88 valence electrons.